The number of aromatic nitrogens is 2. The molecule has 2 bridgehead atoms. The molecular weight excluding hydrogens is 323 g/mol. The van der Waals surface area contributed by atoms with E-state index in [-0.39, 0.29) is 24.4 Å². The largest absolute Gasteiger partial charge is 0.346 e. The smallest absolute Gasteiger partial charge is 0.270 e. The Morgan fingerprint density at radius 1 is 1.32 bits per heavy atom. The van der Waals surface area contributed by atoms with Crippen LogP contribution in [0.3, 0.4) is 0 Å². The number of nitrogens with zero attached hydrogens (tertiary/aromatic N) is 3. The molecule has 0 spiro atoms. The van der Waals surface area contributed by atoms with Gasteiger partial charge in [-0.15, -0.1) is 12.4 Å². The number of piperidine rings is 3. The third-order valence-corrected chi connectivity index (χ3v) is 5.01. The number of amides is 1. The van der Waals surface area contributed by atoms with Gasteiger partial charge in [0.15, 0.2) is 0 Å². The summed E-state index contributed by atoms with van der Waals surface area (Å²) < 4.78 is 1.76. The van der Waals surface area contributed by atoms with E-state index < -0.39 is 0 Å². The molecule has 5 nitrogen and oxygen atoms in total. The highest BCUT2D eigenvalue weighted by molar-refractivity contribution is 6.30. The summed E-state index contributed by atoms with van der Waals surface area (Å²) in [5.74, 6) is 0.527. The Kier molecular flexibility index (Phi) is 4.30. The second-order valence-corrected chi connectivity index (χ2v) is 6.33. The molecule has 1 atom stereocenters. The standard InChI is InChI=1S/C15H17ClN4O.ClH/c16-14-2-1-11-7-12(17-9-20(11)14)15(21)18-13-8-19-5-3-10(13)4-6-19;/h1-2,7,9-10,13H,3-6,8H2,(H,18,21);1H/t13-;/m0./s1. The van der Waals surface area contributed by atoms with Crippen molar-refractivity contribution in [3.05, 3.63) is 35.4 Å². The van der Waals surface area contributed by atoms with Gasteiger partial charge in [0.05, 0.1) is 5.52 Å². The highest BCUT2D eigenvalue weighted by Gasteiger charge is 2.35. The van der Waals surface area contributed by atoms with Crippen LogP contribution < -0.4 is 5.32 Å². The Bertz CT molecular complexity index is 694. The number of nitrogens with one attached hydrogen (secondary N) is 1. The molecule has 3 aliphatic heterocycles. The van der Waals surface area contributed by atoms with Gasteiger partial charge in [0.25, 0.3) is 5.91 Å². The van der Waals surface area contributed by atoms with Gasteiger partial charge in [0.1, 0.15) is 17.2 Å². The van der Waals surface area contributed by atoms with Crippen molar-refractivity contribution < 1.29 is 4.79 Å². The van der Waals surface area contributed by atoms with Crippen LogP contribution >= 0.6 is 24.0 Å². The van der Waals surface area contributed by atoms with Gasteiger partial charge in [-0.3, -0.25) is 9.20 Å². The molecule has 0 aromatic carbocycles. The van der Waals surface area contributed by atoms with Crippen molar-refractivity contribution in [1.29, 1.82) is 0 Å². The van der Waals surface area contributed by atoms with Gasteiger partial charge in [-0.05, 0) is 50.0 Å². The van der Waals surface area contributed by atoms with Crippen molar-refractivity contribution in [1.82, 2.24) is 19.6 Å². The molecule has 118 valence electrons. The number of carbonyl (C=O) groups is 1. The van der Waals surface area contributed by atoms with E-state index in [1.807, 2.05) is 6.07 Å². The molecule has 0 aliphatic carbocycles. The van der Waals surface area contributed by atoms with Gasteiger partial charge in [-0.2, -0.15) is 0 Å². The van der Waals surface area contributed by atoms with Crippen molar-refractivity contribution in [3.63, 3.8) is 0 Å². The number of hydrogen-bond acceptors (Lipinski definition) is 3. The van der Waals surface area contributed by atoms with Crippen molar-refractivity contribution >= 4 is 35.4 Å². The highest BCUT2D eigenvalue weighted by Crippen LogP contribution is 2.27. The molecule has 1 amide bonds. The monoisotopic (exact) mass is 340 g/mol. The average molecular weight is 341 g/mol. The molecule has 2 aromatic heterocycles. The first-order valence-corrected chi connectivity index (χ1v) is 7.74. The van der Waals surface area contributed by atoms with Crippen molar-refractivity contribution in [2.45, 2.75) is 18.9 Å². The summed E-state index contributed by atoms with van der Waals surface area (Å²) in [7, 11) is 0. The second-order valence-electron chi connectivity index (χ2n) is 5.94. The number of hydrogen-bond donors (Lipinski definition) is 1. The van der Waals surface area contributed by atoms with E-state index >= 15 is 0 Å². The van der Waals surface area contributed by atoms with E-state index in [0.717, 1.165) is 12.1 Å². The van der Waals surface area contributed by atoms with Gasteiger partial charge >= 0.3 is 0 Å². The van der Waals surface area contributed by atoms with Crippen LogP contribution in [0.25, 0.3) is 5.52 Å². The molecule has 0 unspecified atom stereocenters. The van der Waals surface area contributed by atoms with Crippen LogP contribution in [0.1, 0.15) is 23.3 Å². The van der Waals surface area contributed by atoms with E-state index in [2.05, 4.69) is 15.2 Å². The third kappa shape index (κ3) is 2.69. The minimum atomic E-state index is -0.0893. The normalized spacial score (nSPS) is 26.7. The molecule has 2 aromatic rings. The Hall–Kier alpha value is -1.30. The SMILES string of the molecule is Cl.O=C(N[C@H]1CN2CCC1CC2)c1cc2ccc(Cl)n2cn1. The van der Waals surface area contributed by atoms with Crippen molar-refractivity contribution in [2.75, 3.05) is 19.6 Å². The third-order valence-electron chi connectivity index (χ3n) is 4.70. The summed E-state index contributed by atoms with van der Waals surface area (Å²) in [5, 5.41) is 3.75. The van der Waals surface area contributed by atoms with Gasteiger partial charge in [0, 0.05) is 12.6 Å². The van der Waals surface area contributed by atoms with E-state index in [1.54, 1.807) is 22.9 Å². The lowest BCUT2D eigenvalue weighted by Crippen LogP contribution is -2.57. The van der Waals surface area contributed by atoms with Gasteiger partial charge in [-0.1, -0.05) is 11.6 Å². The summed E-state index contributed by atoms with van der Waals surface area (Å²) in [6.45, 7) is 3.31. The van der Waals surface area contributed by atoms with Crippen molar-refractivity contribution in [3.8, 4) is 0 Å². The van der Waals surface area contributed by atoms with Gasteiger partial charge in [0.2, 0.25) is 0 Å². The zero-order valence-electron chi connectivity index (χ0n) is 12.0. The van der Waals surface area contributed by atoms with E-state index in [9.17, 15) is 4.79 Å². The molecule has 0 radical (unpaired) electrons. The quantitative estimate of drug-likeness (QED) is 0.911. The number of carbonyl (C=O) groups excluding carboxylic acids is 1. The lowest BCUT2D eigenvalue weighted by atomic mass is 9.84. The van der Waals surface area contributed by atoms with Crippen molar-refractivity contribution in [2.24, 2.45) is 5.92 Å². The van der Waals surface area contributed by atoms with Crippen LogP contribution in [0.2, 0.25) is 5.15 Å². The molecule has 22 heavy (non-hydrogen) atoms. The number of rotatable bonds is 2. The fourth-order valence-electron chi connectivity index (χ4n) is 3.47. The maximum absolute atomic E-state index is 12.4. The second kappa shape index (κ2) is 6.07. The molecule has 0 saturated carbocycles. The number of fused-ring (bicyclic) bond motifs is 4. The summed E-state index contributed by atoms with van der Waals surface area (Å²) >= 11 is 6.02. The van der Waals surface area contributed by atoms with Crippen LogP contribution in [0, 0.1) is 5.92 Å². The molecule has 3 saturated heterocycles. The zero-order chi connectivity index (χ0) is 14.4. The summed E-state index contributed by atoms with van der Waals surface area (Å²) in [5.41, 5.74) is 1.34. The van der Waals surface area contributed by atoms with Gasteiger partial charge < -0.3 is 10.2 Å². The number of halogens is 2. The van der Waals surface area contributed by atoms with Crippen LogP contribution in [-0.2, 0) is 0 Å². The Balaban J connectivity index is 0.00000144. The molecule has 3 fully saturated rings. The Labute approximate surface area is 140 Å². The van der Waals surface area contributed by atoms with E-state index in [1.165, 1.54) is 25.9 Å². The zero-order valence-corrected chi connectivity index (χ0v) is 13.6. The Morgan fingerprint density at radius 2 is 2.09 bits per heavy atom. The van der Waals surface area contributed by atoms with Gasteiger partial charge in [-0.25, -0.2) is 4.98 Å². The first kappa shape index (κ1) is 15.6. The molecule has 3 aliphatic rings. The average Bonchev–Trinajstić information content (AvgIpc) is 2.89. The first-order chi connectivity index (χ1) is 10.2. The van der Waals surface area contributed by atoms with E-state index in [0.29, 0.717) is 16.8 Å². The fraction of sp³-hybridized carbons (Fsp3) is 0.467. The molecule has 1 N–H and O–H groups in total. The van der Waals surface area contributed by atoms with E-state index in [4.69, 9.17) is 11.6 Å². The highest BCUT2D eigenvalue weighted by atomic mass is 35.5. The summed E-state index contributed by atoms with van der Waals surface area (Å²) in [6, 6.07) is 5.72. The predicted molar refractivity (Wildman–Crippen MR) is 87.9 cm³/mol. The first-order valence-electron chi connectivity index (χ1n) is 7.36. The van der Waals surface area contributed by atoms with Crippen LogP contribution in [0.5, 0.6) is 0 Å². The Morgan fingerprint density at radius 3 is 2.77 bits per heavy atom. The fourth-order valence-corrected chi connectivity index (χ4v) is 3.67. The minimum absolute atomic E-state index is 0. The topological polar surface area (TPSA) is 49.6 Å². The van der Waals surface area contributed by atoms with Crippen LogP contribution in [0.4, 0.5) is 0 Å². The lowest BCUT2D eigenvalue weighted by Gasteiger charge is -2.44. The van der Waals surface area contributed by atoms with Crippen LogP contribution in [-0.4, -0.2) is 45.9 Å². The predicted octanol–water partition coefficient (Wildman–Crippen LogP) is 2.23. The molecule has 5 rings (SSSR count). The maximum atomic E-state index is 12.4. The summed E-state index contributed by atoms with van der Waals surface area (Å²) in [6.07, 6.45) is 3.97. The minimum Gasteiger partial charge on any atom is -0.346 e. The lowest BCUT2D eigenvalue weighted by molar-refractivity contribution is 0.0617. The van der Waals surface area contributed by atoms with Crippen LogP contribution in [0.15, 0.2) is 24.5 Å². The maximum Gasteiger partial charge on any atom is 0.270 e. The molecule has 5 heterocycles. The molecular formula is C15H18Cl2N4O. The molecule has 7 heteroatoms. The summed E-state index contributed by atoms with van der Waals surface area (Å²) in [4.78, 5) is 19.1.